The van der Waals surface area contributed by atoms with Gasteiger partial charge in [-0.2, -0.15) is 0 Å². The number of likely N-dealkylation sites (tertiary alicyclic amines) is 2. The summed E-state index contributed by atoms with van der Waals surface area (Å²) >= 11 is 0. The van der Waals surface area contributed by atoms with Crippen LogP contribution in [0.25, 0.3) is 0 Å². The smallest absolute Gasteiger partial charge is 0.315 e. The maximum atomic E-state index is 13.9. The number of H-pyrrole nitrogens is 2. The number of benzene rings is 2. The number of rotatable bonds is 25. The van der Waals surface area contributed by atoms with E-state index in [9.17, 15) is 24.0 Å². The van der Waals surface area contributed by atoms with Gasteiger partial charge in [-0.25, -0.2) is 19.6 Å². The summed E-state index contributed by atoms with van der Waals surface area (Å²) in [5.41, 5.74) is 3.34. The Balaban J connectivity index is 0.000000231. The van der Waals surface area contributed by atoms with Crippen molar-refractivity contribution in [2.24, 2.45) is 17.3 Å². The van der Waals surface area contributed by atoms with E-state index >= 15 is 0 Å². The highest BCUT2D eigenvalue weighted by Gasteiger charge is 2.48. The molecule has 438 valence electrons. The largest absolute Gasteiger partial charge is 0.497 e. The van der Waals surface area contributed by atoms with Gasteiger partial charge in [-0.1, -0.05) is 83.1 Å². The number of Topliss-reactive ketones (excluding diaryl/α,β-unsaturated/α-hetero) is 1. The zero-order valence-electron chi connectivity index (χ0n) is 48.3. The van der Waals surface area contributed by atoms with E-state index in [1.54, 1.807) is 39.3 Å². The van der Waals surface area contributed by atoms with Gasteiger partial charge in [-0.3, -0.25) is 14.4 Å². The van der Waals surface area contributed by atoms with Crippen LogP contribution in [0.3, 0.4) is 0 Å². The standard InChI is InChI=1S/C31H45N5O4.C31H47N5O4/c1-3-7-28(37)31(24-8-5-4-6-9-24)15-18-36(19-16-31)29(38)27(20-23-10-12-26(40-2)13-11-23)35-30(39)33-17-14-25-21-32-22-34-25;1-3-4-20-40-31(25-8-6-5-7-9-25)15-18-36(19-16-31)29(37)28(21-24-10-12-27(39-2)13-11-24)35-30(38)33-17-14-26-22-32-23-34-26/h10-13,21-22,24,27H,3-9,14-20H2,1-2H3,(H,32,34)(H2,33,35,39);10-13,22-23,25,28H,3-9,14-21H2,1-2H3,(H,32,34)(H2,33,35,38). The third kappa shape index (κ3) is 17.5. The van der Waals surface area contributed by atoms with E-state index in [2.05, 4.69) is 55.1 Å². The number of carbonyl (C=O) groups is 5. The van der Waals surface area contributed by atoms with Crippen molar-refractivity contribution in [2.45, 2.75) is 173 Å². The van der Waals surface area contributed by atoms with E-state index in [1.807, 2.05) is 58.3 Å². The maximum absolute atomic E-state index is 13.9. The molecular weight excluding hydrogens is 1010 g/mol. The molecule has 6 N–H and O–H groups in total. The van der Waals surface area contributed by atoms with Crippen molar-refractivity contribution in [3.63, 3.8) is 0 Å². The molecule has 2 aromatic carbocycles. The normalized spacial score (nSPS) is 18.1. The van der Waals surface area contributed by atoms with E-state index < -0.39 is 12.1 Å². The molecule has 4 aliphatic rings. The van der Waals surface area contributed by atoms with Crippen LogP contribution in [0.4, 0.5) is 9.59 Å². The molecule has 18 heteroatoms. The summed E-state index contributed by atoms with van der Waals surface area (Å²) in [6.07, 6.45) is 27.7. The minimum atomic E-state index is -0.714. The number of ketones is 1. The van der Waals surface area contributed by atoms with Crippen molar-refractivity contribution in [2.75, 3.05) is 60.1 Å². The number of unbranched alkanes of at least 4 members (excludes halogenated alkanes) is 1. The number of aromatic amines is 2. The lowest BCUT2D eigenvalue weighted by atomic mass is 9.61. The Morgan fingerprint density at radius 1 is 0.613 bits per heavy atom. The van der Waals surface area contributed by atoms with Crippen LogP contribution in [-0.4, -0.2) is 137 Å². The van der Waals surface area contributed by atoms with Gasteiger partial charge < -0.3 is 55.2 Å². The lowest BCUT2D eigenvalue weighted by Gasteiger charge is -2.48. The van der Waals surface area contributed by atoms with Gasteiger partial charge in [0.2, 0.25) is 11.8 Å². The Kier molecular flexibility index (Phi) is 24.1. The van der Waals surface area contributed by atoms with Gasteiger partial charge in [0.25, 0.3) is 0 Å². The first kappa shape index (κ1) is 61.2. The van der Waals surface area contributed by atoms with Crippen LogP contribution in [0, 0.1) is 17.3 Å². The number of amides is 6. The molecule has 0 bridgehead atoms. The highest BCUT2D eigenvalue weighted by molar-refractivity contribution is 5.89. The third-order valence-electron chi connectivity index (χ3n) is 17.4. The topological polar surface area (TPSA) is 225 Å². The number of piperidine rings is 2. The first-order valence-electron chi connectivity index (χ1n) is 30.0. The second-order valence-corrected chi connectivity index (χ2v) is 22.6. The number of hydrogen-bond acceptors (Lipinski definition) is 10. The van der Waals surface area contributed by atoms with Crippen LogP contribution in [0.15, 0.2) is 73.6 Å². The van der Waals surface area contributed by atoms with Crippen molar-refractivity contribution < 1.29 is 38.2 Å². The molecular formula is C62H92N10O8. The Labute approximate surface area is 474 Å². The minimum Gasteiger partial charge on any atom is -0.497 e. The number of methoxy groups -OCH3 is 2. The summed E-state index contributed by atoms with van der Waals surface area (Å²) < 4.78 is 17.2. The van der Waals surface area contributed by atoms with Crippen molar-refractivity contribution in [1.29, 1.82) is 0 Å². The van der Waals surface area contributed by atoms with Gasteiger partial charge >= 0.3 is 12.1 Å². The predicted molar refractivity (Wildman–Crippen MR) is 309 cm³/mol. The second kappa shape index (κ2) is 31.5. The number of hydrogen-bond donors (Lipinski definition) is 6. The Morgan fingerprint density at radius 2 is 1.06 bits per heavy atom. The molecule has 0 spiro atoms. The van der Waals surface area contributed by atoms with Crippen LogP contribution in [0.5, 0.6) is 11.5 Å². The summed E-state index contributed by atoms with van der Waals surface area (Å²) in [6, 6.07) is 13.1. The Morgan fingerprint density at radius 3 is 1.48 bits per heavy atom. The number of imidazole rings is 2. The maximum Gasteiger partial charge on any atom is 0.315 e. The summed E-state index contributed by atoms with van der Waals surface area (Å²) in [7, 11) is 3.25. The molecule has 2 saturated heterocycles. The lowest BCUT2D eigenvalue weighted by Crippen LogP contribution is -2.57. The molecule has 2 atom stereocenters. The van der Waals surface area contributed by atoms with Gasteiger partial charge in [0, 0.05) is 107 Å². The van der Waals surface area contributed by atoms with E-state index in [0.29, 0.717) is 102 Å². The van der Waals surface area contributed by atoms with Crippen molar-refractivity contribution in [1.82, 2.24) is 51.0 Å². The van der Waals surface area contributed by atoms with Crippen LogP contribution in [0.2, 0.25) is 0 Å². The fourth-order valence-electron chi connectivity index (χ4n) is 12.7. The monoisotopic (exact) mass is 1100 g/mol. The molecule has 8 rings (SSSR count). The van der Waals surface area contributed by atoms with E-state index in [1.165, 1.54) is 51.4 Å². The van der Waals surface area contributed by atoms with E-state index in [0.717, 1.165) is 85.6 Å². The van der Waals surface area contributed by atoms with Crippen LogP contribution in [0.1, 0.15) is 152 Å². The molecule has 6 amide bonds. The molecule has 2 aromatic heterocycles. The van der Waals surface area contributed by atoms with Gasteiger partial charge in [-0.15, -0.1) is 0 Å². The molecule has 4 heterocycles. The molecule has 2 aliphatic heterocycles. The van der Waals surface area contributed by atoms with Crippen molar-refractivity contribution in [3.8, 4) is 11.5 Å². The highest BCUT2D eigenvalue weighted by atomic mass is 16.5. The number of ether oxygens (including phenoxy) is 3. The average Bonchev–Trinajstić information content (AvgIpc) is 4.25. The number of urea groups is 2. The Bertz CT molecular complexity index is 2460. The minimum absolute atomic E-state index is 0.0367. The molecule has 80 heavy (non-hydrogen) atoms. The number of aromatic nitrogens is 4. The van der Waals surface area contributed by atoms with Crippen LogP contribution >= 0.6 is 0 Å². The first-order valence-corrected chi connectivity index (χ1v) is 30.0. The Hall–Kier alpha value is -6.43. The summed E-state index contributed by atoms with van der Waals surface area (Å²) in [6.45, 7) is 8.33. The zero-order chi connectivity index (χ0) is 56.6. The molecule has 2 unspecified atom stereocenters. The van der Waals surface area contributed by atoms with E-state index in [4.69, 9.17) is 14.2 Å². The van der Waals surface area contributed by atoms with Crippen molar-refractivity contribution in [3.05, 3.63) is 96.1 Å². The van der Waals surface area contributed by atoms with Crippen LogP contribution < -0.4 is 30.7 Å². The zero-order valence-corrected chi connectivity index (χ0v) is 48.3. The van der Waals surface area contributed by atoms with Gasteiger partial charge in [0.1, 0.15) is 29.4 Å². The number of carbonyl (C=O) groups excluding carboxylic acids is 5. The molecule has 2 aliphatic carbocycles. The summed E-state index contributed by atoms with van der Waals surface area (Å²) in [5, 5.41) is 11.7. The van der Waals surface area contributed by atoms with Crippen molar-refractivity contribution >= 4 is 29.7 Å². The molecule has 0 radical (unpaired) electrons. The molecule has 4 aromatic rings. The van der Waals surface area contributed by atoms with E-state index in [-0.39, 0.29) is 34.9 Å². The summed E-state index contributed by atoms with van der Waals surface area (Å²) in [4.78, 5) is 84.8. The molecule has 18 nitrogen and oxygen atoms in total. The first-order chi connectivity index (χ1) is 39.0. The number of nitrogens with one attached hydrogen (secondary N) is 6. The molecule has 4 fully saturated rings. The van der Waals surface area contributed by atoms with Gasteiger partial charge in [0.05, 0.1) is 32.5 Å². The lowest BCUT2D eigenvalue weighted by molar-refractivity contribution is -0.150. The second-order valence-electron chi connectivity index (χ2n) is 22.6. The summed E-state index contributed by atoms with van der Waals surface area (Å²) in [5.74, 6) is 2.75. The van der Waals surface area contributed by atoms with Gasteiger partial charge in [0.15, 0.2) is 0 Å². The molecule has 2 saturated carbocycles. The highest BCUT2D eigenvalue weighted by Crippen LogP contribution is 2.48. The number of nitrogens with zero attached hydrogens (tertiary/aromatic N) is 4. The fourth-order valence-corrected chi connectivity index (χ4v) is 12.7. The predicted octanol–water partition coefficient (Wildman–Crippen LogP) is 9.06. The SMILES string of the molecule is CCCC(=O)C1(C2CCCCC2)CCN(C(=O)C(Cc2ccc(OC)cc2)NC(=O)NCCc2cnc[nH]2)CC1.CCCCOC1(C2CCCCC2)CCN(C(=O)C(Cc2ccc(OC)cc2)NC(=O)NCCc2cnc[nH]2)CC1. The fraction of sp³-hybridized carbons (Fsp3) is 0.629. The average molecular weight is 1110 g/mol. The third-order valence-corrected chi connectivity index (χ3v) is 17.4. The van der Waals surface area contributed by atoms with Gasteiger partial charge in [-0.05, 0) is 111 Å². The van der Waals surface area contributed by atoms with Crippen LogP contribution in [-0.2, 0) is 44.8 Å². The quantitative estimate of drug-likeness (QED) is 0.0345.